The smallest absolute Gasteiger partial charge is 0.147 e. The summed E-state index contributed by atoms with van der Waals surface area (Å²) in [6, 6.07) is 12.9. The van der Waals surface area contributed by atoms with Crippen molar-refractivity contribution in [3.63, 3.8) is 0 Å². The molecule has 0 aliphatic heterocycles. The average Bonchev–Trinajstić information content (AvgIpc) is 2.51. The van der Waals surface area contributed by atoms with Crippen molar-refractivity contribution in [1.29, 1.82) is 0 Å². The van der Waals surface area contributed by atoms with Crippen LogP contribution in [-0.2, 0) is 16.4 Å². The average molecular weight is 355 g/mol. The molecular formula is C17H19ClO4S. The summed E-state index contributed by atoms with van der Waals surface area (Å²) in [5.74, 6) is 0.706. The third kappa shape index (κ3) is 5.53. The summed E-state index contributed by atoms with van der Waals surface area (Å²) >= 11 is 6.31. The standard InChI is InChI=1S/C17H19ClO4S/c1-23(20,21)9-3-8-22-15-6-7-16(17(18)11-15)14-5-2-4-13(10-14)12-19/h2,4-7,10-11,19H,3,8-9,12H2,1H3. The molecule has 0 atom stereocenters. The van der Waals surface area contributed by atoms with Gasteiger partial charge in [0.15, 0.2) is 0 Å². The van der Waals surface area contributed by atoms with Crippen LogP contribution in [0.25, 0.3) is 11.1 Å². The normalized spacial score (nSPS) is 11.4. The maximum Gasteiger partial charge on any atom is 0.147 e. The molecule has 23 heavy (non-hydrogen) atoms. The van der Waals surface area contributed by atoms with E-state index in [0.717, 1.165) is 16.7 Å². The van der Waals surface area contributed by atoms with Crippen molar-refractivity contribution >= 4 is 21.4 Å². The fraction of sp³-hybridized carbons (Fsp3) is 0.294. The molecule has 0 spiro atoms. The quantitative estimate of drug-likeness (QED) is 0.775. The highest BCUT2D eigenvalue weighted by molar-refractivity contribution is 7.90. The van der Waals surface area contributed by atoms with E-state index in [2.05, 4.69) is 0 Å². The molecule has 0 aliphatic carbocycles. The first-order valence-electron chi connectivity index (χ1n) is 7.19. The lowest BCUT2D eigenvalue weighted by Gasteiger charge is -2.10. The van der Waals surface area contributed by atoms with Gasteiger partial charge in [0.25, 0.3) is 0 Å². The van der Waals surface area contributed by atoms with Crippen LogP contribution in [0.4, 0.5) is 0 Å². The van der Waals surface area contributed by atoms with Crippen molar-refractivity contribution in [1.82, 2.24) is 0 Å². The lowest BCUT2D eigenvalue weighted by Crippen LogP contribution is -2.07. The van der Waals surface area contributed by atoms with Crippen molar-refractivity contribution in [3.8, 4) is 16.9 Å². The summed E-state index contributed by atoms with van der Waals surface area (Å²) in [6.45, 7) is 0.301. The number of aliphatic hydroxyl groups excluding tert-OH is 1. The lowest BCUT2D eigenvalue weighted by atomic mass is 10.0. The number of rotatable bonds is 7. The molecule has 0 saturated heterocycles. The van der Waals surface area contributed by atoms with E-state index in [-0.39, 0.29) is 12.4 Å². The van der Waals surface area contributed by atoms with E-state index in [1.165, 1.54) is 6.26 Å². The Bertz CT molecular complexity index is 772. The maximum atomic E-state index is 11.1. The van der Waals surface area contributed by atoms with Gasteiger partial charge >= 0.3 is 0 Å². The first-order valence-corrected chi connectivity index (χ1v) is 9.63. The summed E-state index contributed by atoms with van der Waals surface area (Å²) in [5.41, 5.74) is 2.59. The van der Waals surface area contributed by atoms with E-state index in [0.29, 0.717) is 23.8 Å². The Labute approximate surface area is 141 Å². The molecule has 4 nitrogen and oxygen atoms in total. The van der Waals surface area contributed by atoms with Crippen LogP contribution < -0.4 is 4.74 Å². The van der Waals surface area contributed by atoms with Crippen LogP contribution in [0.1, 0.15) is 12.0 Å². The van der Waals surface area contributed by atoms with Gasteiger partial charge in [-0.15, -0.1) is 0 Å². The molecule has 0 aliphatic rings. The number of ether oxygens (including phenoxy) is 1. The zero-order valence-electron chi connectivity index (χ0n) is 12.8. The van der Waals surface area contributed by atoms with Crippen LogP contribution in [0.15, 0.2) is 42.5 Å². The molecule has 1 N–H and O–H groups in total. The Kier molecular flexibility index (Phi) is 6.04. The predicted octanol–water partition coefficient (Wildman–Crippen LogP) is 3.31. The van der Waals surface area contributed by atoms with Crippen LogP contribution >= 0.6 is 11.6 Å². The molecule has 0 saturated carbocycles. The van der Waals surface area contributed by atoms with E-state index in [1.807, 2.05) is 30.3 Å². The van der Waals surface area contributed by atoms with Crippen molar-refractivity contribution in [2.45, 2.75) is 13.0 Å². The van der Waals surface area contributed by atoms with Gasteiger partial charge in [0, 0.05) is 11.8 Å². The third-order valence-electron chi connectivity index (χ3n) is 3.29. The molecule has 124 valence electrons. The van der Waals surface area contributed by atoms with Gasteiger partial charge in [-0.25, -0.2) is 8.42 Å². The van der Waals surface area contributed by atoms with E-state index in [4.69, 9.17) is 16.3 Å². The molecule has 2 rings (SSSR count). The van der Waals surface area contributed by atoms with Crippen LogP contribution in [0, 0.1) is 0 Å². The fourth-order valence-electron chi connectivity index (χ4n) is 2.17. The fourth-order valence-corrected chi connectivity index (χ4v) is 3.09. The van der Waals surface area contributed by atoms with Gasteiger partial charge in [-0.3, -0.25) is 0 Å². The number of hydrogen-bond donors (Lipinski definition) is 1. The molecule has 0 radical (unpaired) electrons. The largest absolute Gasteiger partial charge is 0.494 e. The number of benzene rings is 2. The Morgan fingerprint density at radius 2 is 1.96 bits per heavy atom. The van der Waals surface area contributed by atoms with E-state index in [1.54, 1.807) is 12.1 Å². The molecule has 2 aromatic carbocycles. The van der Waals surface area contributed by atoms with Crippen LogP contribution in [0.3, 0.4) is 0 Å². The van der Waals surface area contributed by atoms with Crippen molar-refractivity contribution in [3.05, 3.63) is 53.1 Å². The van der Waals surface area contributed by atoms with Gasteiger partial charge in [0.1, 0.15) is 15.6 Å². The molecule has 0 amide bonds. The second-order valence-electron chi connectivity index (χ2n) is 5.33. The summed E-state index contributed by atoms with van der Waals surface area (Å²) in [7, 11) is -2.96. The highest BCUT2D eigenvalue weighted by Gasteiger charge is 2.07. The Balaban J connectivity index is 2.05. The highest BCUT2D eigenvalue weighted by Crippen LogP contribution is 2.31. The SMILES string of the molecule is CS(=O)(=O)CCCOc1ccc(-c2cccc(CO)c2)c(Cl)c1. The minimum atomic E-state index is -2.96. The molecular weight excluding hydrogens is 336 g/mol. The minimum Gasteiger partial charge on any atom is -0.494 e. The Hall–Kier alpha value is -1.56. The van der Waals surface area contributed by atoms with Crippen LogP contribution in [0.2, 0.25) is 5.02 Å². The summed E-state index contributed by atoms with van der Waals surface area (Å²) in [6.07, 6.45) is 1.65. The Morgan fingerprint density at radius 1 is 1.17 bits per heavy atom. The molecule has 0 aromatic heterocycles. The van der Waals surface area contributed by atoms with E-state index in [9.17, 15) is 13.5 Å². The second-order valence-corrected chi connectivity index (χ2v) is 8.00. The number of sulfone groups is 1. The molecule has 6 heteroatoms. The molecule has 0 bridgehead atoms. The van der Waals surface area contributed by atoms with Gasteiger partial charge in [-0.05, 0) is 41.8 Å². The zero-order chi connectivity index (χ0) is 16.9. The highest BCUT2D eigenvalue weighted by atomic mass is 35.5. The predicted molar refractivity (Wildman–Crippen MR) is 92.6 cm³/mol. The molecule has 2 aromatic rings. The summed E-state index contributed by atoms with van der Waals surface area (Å²) in [4.78, 5) is 0. The maximum absolute atomic E-state index is 11.1. The zero-order valence-corrected chi connectivity index (χ0v) is 14.4. The van der Waals surface area contributed by atoms with Gasteiger partial charge in [-0.2, -0.15) is 0 Å². The van der Waals surface area contributed by atoms with Crippen LogP contribution in [0.5, 0.6) is 5.75 Å². The van der Waals surface area contributed by atoms with Gasteiger partial charge < -0.3 is 9.84 Å². The van der Waals surface area contributed by atoms with E-state index >= 15 is 0 Å². The first-order chi connectivity index (χ1) is 10.9. The van der Waals surface area contributed by atoms with Crippen molar-refractivity contribution in [2.24, 2.45) is 0 Å². The molecule has 0 unspecified atom stereocenters. The molecule has 0 fully saturated rings. The second kappa shape index (κ2) is 7.81. The topological polar surface area (TPSA) is 63.6 Å². The number of aliphatic hydroxyl groups is 1. The van der Waals surface area contributed by atoms with Gasteiger partial charge in [0.05, 0.1) is 24.0 Å². The van der Waals surface area contributed by atoms with Gasteiger partial charge in [0.2, 0.25) is 0 Å². The van der Waals surface area contributed by atoms with Crippen LogP contribution in [-0.4, -0.2) is 32.1 Å². The minimum absolute atomic E-state index is 0.0208. The first kappa shape index (κ1) is 17.8. The number of hydrogen-bond acceptors (Lipinski definition) is 4. The number of halogens is 1. The molecule has 0 heterocycles. The third-order valence-corrected chi connectivity index (χ3v) is 4.63. The van der Waals surface area contributed by atoms with Gasteiger partial charge in [-0.1, -0.05) is 29.8 Å². The van der Waals surface area contributed by atoms with Crippen molar-refractivity contribution in [2.75, 3.05) is 18.6 Å². The van der Waals surface area contributed by atoms with E-state index < -0.39 is 9.84 Å². The summed E-state index contributed by atoms with van der Waals surface area (Å²) < 4.78 is 27.6. The lowest BCUT2D eigenvalue weighted by molar-refractivity contribution is 0.282. The monoisotopic (exact) mass is 354 g/mol. The Morgan fingerprint density at radius 3 is 2.61 bits per heavy atom. The summed E-state index contributed by atoms with van der Waals surface area (Å²) in [5, 5.41) is 9.75. The van der Waals surface area contributed by atoms with Crippen molar-refractivity contribution < 1.29 is 18.3 Å².